The molecule has 1 saturated heterocycles. The molecule has 9 heteroatoms. The van der Waals surface area contributed by atoms with Gasteiger partial charge < -0.3 is 5.32 Å². The largest absolute Gasteiger partial charge is 0.349 e. The molecule has 148 valence electrons. The Balaban J connectivity index is 1.71. The van der Waals surface area contributed by atoms with Crippen LogP contribution in [0, 0.1) is 6.92 Å². The number of nitrogens with zero attached hydrogens (tertiary/aromatic N) is 3. The Hall–Kier alpha value is -2.03. The topological polar surface area (TPSA) is 92.3 Å². The second-order valence-corrected chi connectivity index (χ2v) is 9.52. The molecule has 0 spiro atoms. The minimum absolute atomic E-state index is 0.179. The van der Waals surface area contributed by atoms with Gasteiger partial charge in [-0.3, -0.25) is 4.79 Å². The highest BCUT2D eigenvalue weighted by molar-refractivity contribution is 7.89. The lowest BCUT2D eigenvalue weighted by Crippen LogP contribution is -2.34. The maximum atomic E-state index is 13.2. The van der Waals surface area contributed by atoms with Gasteiger partial charge in [0.1, 0.15) is 5.82 Å². The molecule has 2 aliphatic rings. The normalized spacial score (nSPS) is 20.3. The molecule has 1 aliphatic heterocycles. The summed E-state index contributed by atoms with van der Waals surface area (Å²) in [6.07, 6.45) is 4.74. The molecule has 4 rings (SSSR count). The van der Waals surface area contributed by atoms with Gasteiger partial charge in [-0.15, -0.1) is 0 Å². The van der Waals surface area contributed by atoms with Crippen LogP contribution in [-0.2, 0) is 10.0 Å². The standard InChI is InChI=1S/C19H21ClN4O3S/c1-12-21-11-16(19(25)23-14-6-7-14)18(22-12)17-3-2-10-24(17)28(26,27)15-8-4-13(20)5-9-15/h4-5,8-9,11,14,17H,2-3,6-7,10H2,1H3,(H,23,25)/t17-/m0/s1. The second kappa shape index (κ2) is 7.42. The van der Waals surface area contributed by atoms with Crippen molar-refractivity contribution in [2.45, 2.75) is 49.6 Å². The lowest BCUT2D eigenvalue weighted by Gasteiger charge is -2.25. The Morgan fingerprint density at radius 3 is 2.61 bits per heavy atom. The average molecular weight is 421 g/mol. The summed E-state index contributed by atoms with van der Waals surface area (Å²) in [5.41, 5.74) is 0.821. The van der Waals surface area contributed by atoms with Gasteiger partial charge in [0, 0.05) is 23.8 Å². The zero-order valence-corrected chi connectivity index (χ0v) is 17.0. The Bertz CT molecular complexity index is 1010. The van der Waals surface area contributed by atoms with Crippen molar-refractivity contribution >= 4 is 27.5 Å². The fraction of sp³-hybridized carbons (Fsp3) is 0.421. The number of hydrogen-bond acceptors (Lipinski definition) is 5. The van der Waals surface area contributed by atoms with Crippen LogP contribution in [0.15, 0.2) is 35.4 Å². The molecule has 2 heterocycles. The van der Waals surface area contributed by atoms with E-state index in [2.05, 4.69) is 15.3 Å². The first-order valence-corrected chi connectivity index (χ1v) is 11.1. The molecule has 1 N–H and O–H groups in total. The van der Waals surface area contributed by atoms with Crippen LogP contribution in [0.5, 0.6) is 0 Å². The van der Waals surface area contributed by atoms with E-state index in [-0.39, 0.29) is 16.8 Å². The minimum atomic E-state index is -3.74. The van der Waals surface area contributed by atoms with Crippen molar-refractivity contribution in [2.24, 2.45) is 0 Å². The lowest BCUT2D eigenvalue weighted by atomic mass is 10.1. The average Bonchev–Trinajstić information content (AvgIpc) is 3.32. The lowest BCUT2D eigenvalue weighted by molar-refractivity contribution is 0.0947. The SMILES string of the molecule is Cc1ncc(C(=O)NC2CC2)c([C@@H]2CCCN2S(=O)(=O)c2ccc(Cl)cc2)n1. The van der Waals surface area contributed by atoms with Crippen LogP contribution in [-0.4, -0.2) is 41.2 Å². The van der Waals surface area contributed by atoms with Gasteiger partial charge in [-0.1, -0.05) is 11.6 Å². The molecule has 2 aromatic rings. The summed E-state index contributed by atoms with van der Waals surface area (Å²) in [7, 11) is -3.74. The fourth-order valence-electron chi connectivity index (χ4n) is 3.45. The van der Waals surface area contributed by atoms with E-state index in [9.17, 15) is 13.2 Å². The number of aromatic nitrogens is 2. The molecular weight excluding hydrogens is 400 g/mol. The maximum Gasteiger partial charge on any atom is 0.254 e. The highest BCUT2D eigenvalue weighted by Crippen LogP contribution is 2.37. The van der Waals surface area contributed by atoms with Gasteiger partial charge >= 0.3 is 0 Å². The van der Waals surface area contributed by atoms with Crippen LogP contribution >= 0.6 is 11.6 Å². The Morgan fingerprint density at radius 1 is 1.21 bits per heavy atom. The van der Waals surface area contributed by atoms with Crippen molar-refractivity contribution in [1.29, 1.82) is 0 Å². The highest BCUT2D eigenvalue weighted by Gasteiger charge is 2.39. The number of hydrogen-bond donors (Lipinski definition) is 1. The number of halogens is 1. The summed E-state index contributed by atoms with van der Waals surface area (Å²) < 4.78 is 27.9. The van der Waals surface area contributed by atoms with E-state index in [0.29, 0.717) is 41.5 Å². The quantitative estimate of drug-likeness (QED) is 0.802. The van der Waals surface area contributed by atoms with Crippen LogP contribution in [0.2, 0.25) is 5.02 Å². The summed E-state index contributed by atoms with van der Waals surface area (Å²) >= 11 is 5.90. The van der Waals surface area contributed by atoms with Crippen molar-refractivity contribution in [3.8, 4) is 0 Å². The van der Waals surface area contributed by atoms with E-state index in [1.54, 1.807) is 19.1 Å². The first kappa shape index (κ1) is 19.3. The number of sulfonamides is 1. The zero-order valence-electron chi connectivity index (χ0n) is 15.4. The number of carbonyl (C=O) groups is 1. The molecule has 7 nitrogen and oxygen atoms in total. The minimum Gasteiger partial charge on any atom is -0.349 e. The fourth-order valence-corrected chi connectivity index (χ4v) is 5.24. The molecule has 0 bridgehead atoms. The molecular formula is C19H21ClN4O3S. The van der Waals surface area contributed by atoms with Gasteiger partial charge in [-0.2, -0.15) is 4.31 Å². The van der Waals surface area contributed by atoms with Gasteiger partial charge in [0.05, 0.1) is 22.2 Å². The van der Waals surface area contributed by atoms with Crippen molar-refractivity contribution in [3.63, 3.8) is 0 Å². The van der Waals surface area contributed by atoms with Gasteiger partial charge in [-0.25, -0.2) is 18.4 Å². The summed E-state index contributed by atoms with van der Waals surface area (Å²) in [6, 6.07) is 5.81. The first-order chi connectivity index (χ1) is 13.4. The molecule has 1 amide bonds. The first-order valence-electron chi connectivity index (χ1n) is 9.28. The van der Waals surface area contributed by atoms with Crippen molar-refractivity contribution in [3.05, 3.63) is 52.6 Å². The van der Waals surface area contributed by atoms with Crippen LogP contribution in [0.4, 0.5) is 0 Å². The third kappa shape index (κ3) is 3.76. The Labute approximate surface area is 169 Å². The predicted molar refractivity (Wildman–Crippen MR) is 105 cm³/mol. The van der Waals surface area contributed by atoms with Crippen molar-refractivity contribution in [1.82, 2.24) is 19.6 Å². The molecule has 0 radical (unpaired) electrons. The summed E-state index contributed by atoms with van der Waals surface area (Å²) in [4.78, 5) is 21.5. The van der Waals surface area contributed by atoms with Crippen molar-refractivity contribution < 1.29 is 13.2 Å². The molecule has 1 aromatic heterocycles. The van der Waals surface area contributed by atoms with Crippen molar-refractivity contribution in [2.75, 3.05) is 6.54 Å². The highest BCUT2D eigenvalue weighted by atomic mass is 35.5. The summed E-state index contributed by atoms with van der Waals surface area (Å²) in [5.74, 6) is 0.266. The van der Waals surface area contributed by atoms with E-state index in [4.69, 9.17) is 11.6 Å². The van der Waals surface area contributed by atoms with Gasteiger partial charge in [0.25, 0.3) is 5.91 Å². The van der Waals surface area contributed by atoms with Gasteiger partial charge in [0.2, 0.25) is 10.0 Å². The van der Waals surface area contributed by atoms with Crippen LogP contribution in [0.3, 0.4) is 0 Å². The summed E-state index contributed by atoms with van der Waals surface area (Å²) in [6.45, 7) is 2.11. The Morgan fingerprint density at radius 2 is 1.93 bits per heavy atom. The number of aryl methyl sites for hydroxylation is 1. The number of amides is 1. The van der Waals surface area contributed by atoms with Gasteiger partial charge in [0.15, 0.2) is 0 Å². The third-order valence-corrected chi connectivity index (χ3v) is 7.21. The summed E-state index contributed by atoms with van der Waals surface area (Å²) in [5, 5.41) is 3.42. The predicted octanol–water partition coefficient (Wildman–Crippen LogP) is 2.86. The monoisotopic (exact) mass is 420 g/mol. The molecule has 1 aromatic carbocycles. The van der Waals surface area contributed by atoms with Crippen LogP contribution in [0.25, 0.3) is 0 Å². The third-order valence-electron chi connectivity index (χ3n) is 5.04. The molecule has 2 fully saturated rings. The number of nitrogens with one attached hydrogen (secondary N) is 1. The number of benzene rings is 1. The zero-order chi connectivity index (χ0) is 19.9. The van der Waals surface area contributed by atoms with Gasteiger partial charge in [-0.05, 0) is 56.9 Å². The van der Waals surface area contributed by atoms with Crippen LogP contribution < -0.4 is 5.32 Å². The van der Waals surface area contributed by atoms with E-state index >= 15 is 0 Å². The molecule has 28 heavy (non-hydrogen) atoms. The second-order valence-electron chi connectivity index (χ2n) is 7.19. The number of rotatable bonds is 5. The van der Waals surface area contributed by atoms with Crippen LogP contribution in [0.1, 0.15) is 53.6 Å². The number of carbonyl (C=O) groups excluding carboxylic acids is 1. The van der Waals surface area contributed by atoms with E-state index in [1.807, 2.05) is 0 Å². The smallest absolute Gasteiger partial charge is 0.254 e. The van der Waals surface area contributed by atoms with E-state index < -0.39 is 16.1 Å². The molecule has 1 aliphatic carbocycles. The van der Waals surface area contributed by atoms with E-state index in [1.165, 1.54) is 22.6 Å². The molecule has 1 atom stereocenters. The molecule has 0 unspecified atom stereocenters. The maximum absolute atomic E-state index is 13.2. The Kier molecular flexibility index (Phi) is 5.11. The van der Waals surface area contributed by atoms with E-state index in [0.717, 1.165) is 12.8 Å². The molecule has 1 saturated carbocycles.